The molecule has 0 saturated heterocycles. The van der Waals surface area contributed by atoms with Gasteiger partial charge in [-0.05, 0) is 84.3 Å². The first-order valence-corrected chi connectivity index (χ1v) is 8.13. The SMILES string of the molecule is Cc1cc(NC(C)c2ccc(I)cc2)cc(C)c1Br. The Labute approximate surface area is 137 Å². The van der Waals surface area contributed by atoms with Gasteiger partial charge < -0.3 is 5.32 Å². The van der Waals surface area contributed by atoms with Crippen LogP contribution in [0.3, 0.4) is 0 Å². The average molecular weight is 430 g/mol. The minimum Gasteiger partial charge on any atom is -0.379 e. The molecule has 1 atom stereocenters. The van der Waals surface area contributed by atoms with E-state index in [0.29, 0.717) is 6.04 Å². The smallest absolute Gasteiger partial charge is 0.0485 e. The third-order valence-corrected chi connectivity index (χ3v) is 5.16. The van der Waals surface area contributed by atoms with Gasteiger partial charge in [0.15, 0.2) is 0 Å². The summed E-state index contributed by atoms with van der Waals surface area (Å²) in [5.74, 6) is 0. The highest BCUT2D eigenvalue weighted by Gasteiger charge is 2.07. The lowest BCUT2D eigenvalue weighted by Crippen LogP contribution is -2.07. The fourth-order valence-corrected chi connectivity index (χ4v) is 2.70. The maximum absolute atomic E-state index is 3.60. The molecule has 1 N–H and O–H groups in total. The van der Waals surface area contributed by atoms with Crippen LogP contribution in [0.5, 0.6) is 0 Å². The largest absolute Gasteiger partial charge is 0.379 e. The summed E-state index contributed by atoms with van der Waals surface area (Å²) in [5, 5.41) is 3.56. The first-order valence-electron chi connectivity index (χ1n) is 6.26. The summed E-state index contributed by atoms with van der Waals surface area (Å²) in [7, 11) is 0. The van der Waals surface area contributed by atoms with E-state index in [9.17, 15) is 0 Å². The maximum Gasteiger partial charge on any atom is 0.0485 e. The van der Waals surface area contributed by atoms with Crippen molar-refractivity contribution >= 4 is 44.2 Å². The lowest BCUT2D eigenvalue weighted by molar-refractivity contribution is 0.883. The van der Waals surface area contributed by atoms with Gasteiger partial charge in [-0.25, -0.2) is 0 Å². The van der Waals surface area contributed by atoms with Crippen LogP contribution in [0.15, 0.2) is 40.9 Å². The lowest BCUT2D eigenvalue weighted by atomic mass is 10.1. The molecule has 0 aliphatic heterocycles. The van der Waals surface area contributed by atoms with Crippen molar-refractivity contribution in [2.75, 3.05) is 5.32 Å². The highest BCUT2D eigenvalue weighted by molar-refractivity contribution is 14.1. The van der Waals surface area contributed by atoms with Gasteiger partial charge in [0.05, 0.1) is 0 Å². The second-order valence-electron chi connectivity index (χ2n) is 4.84. The van der Waals surface area contributed by atoms with Crippen LogP contribution in [0, 0.1) is 17.4 Å². The number of hydrogen-bond donors (Lipinski definition) is 1. The van der Waals surface area contributed by atoms with Crippen molar-refractivity contribution in [3.63, 3.8) is 0 Å². The quantitative estimate of drug-likeness (QED) is 0.604. The predicted molar refractivity (Wildman–Crippen MR) is 94.8 cm³/mol. The highest BCUT2D eigenvalue weighted by atomic mass is 127. The Bertz CT molecular complexity index is 555. The van der Waals surface area contributed by atoms with Crippen molar-refractivity contribution < 1.29 is 0 Å². The Kier molecular flexibility index (Phi) is 4.90. The van der Waals surface area contributed by atoms with Crippen molar-refractivity contribution in [1.82, 2.24) is 0 Å². The summed E-state index contributed by atoms with van der Waals surface area (Å²) in [6.45, 7) is 6.44. The molecule has 0 aliphatic carbocycles. The summed E-state index contributed by atoms with van der Waals surface area (Å²) in [6.07, 6.45) is 0. The van der Waals surface area contributed by atoms with E-state index < -0.39 is 0 Å². The zero-order valence-electron chi connectivity index (χ0n) is 11.3. The molecule has 0 radical (unpaired) electrons. The molecule has 0 aliphatic rings. The minimum atomic E-state index is 0.303. The van der Waals surface area contributed by atoms with Crippen LogP contribution in [0.4, 0.5) is 5.69 Å². The van der Waals surface area contributed by atoms with Crippen LogP contribution in [0.2, 0.25) is 0 Å². The molecule has 0 aromatic heterocycles. The predicted octanol–water partition coefficient (Wildman–Crippen LogP) is 5.84. The second-order valence-corrected chi connectivity index (χ2v) is 6.88. The number of anilines is 1. The molecule has 0 saturated carbocycles. The summed E-state index contributed by atoms with van der Waals surface area (Å²) in [5.41, 5.74) is 5.00. The van der Waals surface area contributed by atoms with Gasteiger partial charge in [-0.15, -0.1) is 0 Å². The van der Waals surface area contributed by atoms with Gasteiger partial charge in [-0.1, -0.05) is 28.1 Å². The number of halogens is 2. The van der Waals surface area contributed by atoms with Gasteiger partial charge in [-0.3, -0.25) is 0 Å². The standard InChI is InChI=1S/C16H17BrIN/c1-10-8-15(9-11(2)16(10)17)19-12(3)13-4-6-14(18)7-5-13/h4-9,12,19H,1-3H3. The maximum atomic E-state index is 3.60. The van der Waals surface area contributed by atoms with Crippen LogP contribution < -0.4 is 5.32 Å². The summed E-state index contributed by atoms with van der Waals surface area (Å²) in [6, 6.07) is 13.3. The fraction of sp³-hybridized carbons (Fsp3) is 0.250. The Hall–Kier alpha value is -0.550. The van der Waals surface area contributed by atoms with Crippen LogP contribution in [-0.2, 0) is 0 Å². The molecule has 3 heteroatoms. The minimum absolute atomic E-state index is 0.303. The lowest BCUT2D eigenvalue weighted by Gasteiger charge is -2.17. The number of rotatable bonds is 3. The number of nitrogens with one attached hydrogen (secondary N) is 1. The monoisotopic (exact) mass is 429 g/mol. The Morgan fingerprint density at radius 2 is 1.58 bits per heavy atom. The van der Waals surface area contributed by atoms with Crippen molar-refractivity contribution in [2.24, 2.45) is 0 Å². The third-order valence-electron chi connectivity index (χ3n) is 3.19. The van der Waals surface area contributed by atoms with E-state index in [4.69, 9.17) is 0 Å². The molecule has 0 amide bonds. The average Bonchev–Trinajstić information content (AvgIpc) is 2.36. The van der Waals surface area contributed by atoms with Crippen LogP contribution in [-0.4, -0.2) is 0 Å². The van der Waals surface area contributed by atoms with Gasteiger partial charge in [0, 0.05) is 19.8 Å². The molecule has 2 rings (SSSR count). The van der Waals surface area contributed by atoms with Crippen LogP contribution in [0.1, 0.15) is 29.7 Å². The van der Waals surface area contributed by atoms with E-state index in [0.717, 1.165) is 0 Å². The molecule has 19 heavy (non-hydrogen) atoms. The van der Waals surface area contributed by atoms with Gasteiger partial charge in [0.1, 0.15) is 0 Å². The van der Waals surface area contributed by atoms with E-state index in [-0.39, 0.29) is 0 Å². The zero-order chi connectivity index (χ0) is 14.0. The van der Waals surface area contributed by atoms with Crippen molar-refractivity contribution in [3.8, 4) is 0 Å². The molecule has 2 aromatic carbocycles. The normalized spacial score (nSPS) is 12.3. The van der Waals surface area contributed by atoms with Crippen molar-refractivity contribution in [2.45, 2.75) is 26.8 Å². The van der Waals surface area contributed by atoms with Gasteiger partial charge in [-0.2, -0.15) is 0 Å². The summed E-state index contributed by atoms with van der Waals surface area (Å²) in [4.78, 5) is 0. The van der Waals surface area contributed by atoms with Crippen molar-refractivity contribution in [1.29, 1.82) is 0 Å². The molecule has 2 aromatic rings. The number of aryl methyl sites for hydroxylation is 2. The molecule has 100 valence electrons. The molecule has 1 nitrogen and oxygen atoms in total. The molecule has 0 fully saturated rings. The summed E-state index contributed by atoms with van der Waals surface area (Å²) < 4.78 is 2.46. The Balaban J connectivity index is 2.19. The van der Waals surface area contributed by atoms with E-state index >= 15 is 0 Å². The molecule has 1 unspecified atom stereocenters. The topological polar surface area (TPSA) is 12.0 Å². The second kappa shape index (κ2) is 6.27. The zero-order valence-corrected chi connectivity index (χ0v) is 15.0. The van der Waals surface area contributed by atoms with Gasteiger partial charge in [0.25, 0.3) is 0 Å². The molecule has 0 spiro atoms. The Morgan fingerprint density at radius 3 is 2.11 bits per heavy atom. The van der Waals surface area contributed by atoms with Gasteiger partial charge in [0.2, 0.25) is 0 Å². The first-order chi connectivity index (χ1) is 8.97. The van der Waals surface area contributed by atoms with Crippen LogP contribution in [0.25, 0.3) is 0 Å². The third kappa shape index (κ3) is 3.72. The molecule has 0 heterocycles. The van der Waals surface area contributed by atoms with E-state index in [2.05, 4.69) is 101 Å². The van der Waals surface area contributed by atoms with E-state index in [1.807, 2.05) is 0 Å². The molecule has 0 bridgehead atoms. The van der Waals surface area contributed by atoms with E-state index in [1.165, 1.54) is 30.4 Å². The van der Waals surface area contributed by atoms with Gasteiger partial charge >= 0.3 is 0 Å². The number of hydrogen-bond acceptors (Lipinski definition) is 1. The van der Waals surface area contributed by atoms with E-state index in [1.54, 1.807) is 0 Å². The highest BCUT2D eigenvalue weighted by Crippen LogP contribution is 2.27. The van der Waals surface area contributed by atoms with Crippen molar-refractivity contribution in [3.05, 3.63) is 61.1 Å². The first kappa shape index (κ1) is 14.9. The molecular weight excluding hydrogens is 413 g/mol. The number of benzene rings is 2. The summed E-state index contributed by atoms with van der Waals surface area (Å²) >= 11 is 5.93. The fourth-order valence-electron chi connectivity index (χ4n) is 2.11. The Morgan fingerprint density at radius 1 is 1.05 bits per heavy atom. The van der Waals surface area contributed by atoms with Crippen LogP contribution >= 0.6 is 38.5 Å². The molecular formula is C16H17BrIN.